The molecule has 0 spiro atoms. The lowest BCUT2D eigenvalue weighted by atomic mass is 9.88. The fourth-order valence-electron chi connectivity index (χ4n) is 3.72. The number of thiophene rings is 1. The van der Waals surface area contributed by atoms with Crippen molar-refractivity contribution in [1.29, 1.82) is 0 Å². The Labute approximate surface area is 176 Å². The van der Waals surface area contributed by atoms with E-state index in [-0.39, 0.29) is 30.6 Å². The Morgan fingerprint density at radius 3 is 2.72 bits per heavy atom. The first-order valence-electron chi connectivity index (χ1n) is 9.55. The SMILES string of the molecule is O=C(Nc1nc2c(s1)C(=O)C[C@@H](C(=O)N1CCN(CCO)CC1)C2)c1cccs1. The number of β-amino-alcohol motifs (C(OH)–C–C–N with tert-alkyl or cyclic N) is 1. The Balaban J connectivity index is 1.40. The average Bonchev–Trinajstić information content (AvgIpc) is 3.38. The first-order chi connectivity index (χ1) is 14.0. The predicted octanol–water partition coefficient (Wildman–Crippen LogP) is 1.34. The number of aliphatic hydroxyl groups is 1. The van der Waals surface area contributed by atoms with Gasteiger partial charge in [0.15, 0.2) is 10.9 Å². The predicted molar refractivity (Wildman–Crippen MR) is 111 cm³/mol. The van der Waals surface area contributed by atoms with Crippen LogP contribution in [0.2, 0.25) is 0 Å². The molecule has 1 aliphatic heterocycles. The average molecular weight is 435 g/mol. The number of carbonyl (C=O) groups is 3. The maximum absolute atomic E-state index is 12.9. The van der Waals surface area contributed by atoms with Crippen LogP contribution in [0.25, 0.3) is 0 Å². The van der Waals surface area contributed by atoms with Crippen molar-refractivity contribution in [3.63, 3.8) is 0 Å². The number of anilines is 1. The number of carbonyl (C=O) groups excluding carboxylic acids is 3. The third kappa shape index (κ3) is 4.40. The number of hydrogen-bond donors (Lipinski definition) is 2. The van der Waals surface area contributed by atoms with E-state index >= 15 is 0 Å². The lowest BCUT2D eigenvalue weighted by Gasteiger charge is -2.36. The van der Waals surface area contributed by atoms with E-state index in [9.17, 15) is 14.4 Å². The first kappa shape index (κ1) is 20.1. The van der Waals surface area contributed by atoms with Gasteiger partial charge in [0, 0.05) is 45.6 Å². The highest BCUT2D eigenvalue weighted by Gasteiger charge is 2.36. The molecule has 1 saturated heterocycles. The number of ketones is 1. The molecule has 1 aliphatic carbocycles. The monoisotopic (exact) mass is 434 g/mol. The second kappa shape index (κ2) is 8.70. The molecular formula is C19H22N4O4S2. The summed E-state index contributed by atoms with van der Waals surface area (Å²) in [6.45, 7) is 3.40. The van der Waals surface area contributed by atoms with Crippen LogP contribution in [0.15, 0.2) is 17.5 Å². The minimum atomic E-state index is -0.401. The molecule has 1 fully saturated rings. The number of fused-ring (bicyclic) bond motifs is 1. The van der Waals surface area contributed by atoms with Gasteiger partial charge in [-0.1, -0.05) is 17.4 Å². The number of Topliss-reactive ketones (excluding diaryl/α,β-unsaturated/α-hetero) is 1. The molecule has 0 saturated carbocycles. The van der Waals surface area contributed by atoms with Gasteiger partial charge in [-0.15, -0.1) is 11.3 Å². The molecule has 0 aromatic carbocycles. The van der Waals surface area contributed by atoms with Crippen molar-refractivity contribution in [2.75, 3.05) is 44.6 Å². The zero-order valence-electron chi connectivity index (χ0n) is 15.8. The van der Waals surface area contributed by atoms with Crippen LogP contribution in [-0.2, 0) is 11.2 Å². The first-order valence-corrected chi connectivity index (χ1v) is 11.2. The van der Waals surface area contributed by atoms with Crippen LogP contribution in [-0.4, -0.2) is 76.8 Å². The van der Waals surface area contributed by atoms with Crippen LogP contribution < -0.4 is 5.32 Å². The maximum Gasteiger partial charge on any atom is 0.267 e. The molecule has 4 rings (SSSR count). The molecule has 0 radical (unpaired) electrons. The van der Waals surface area contributed by atoms with Gasteiger partial charge in [0.25, 0.3) is 5.91 Å². The quantitative estimate of drug-likeness (QED) is 0.736. The van der Waals surface area contributed by atoms with Gasteiger partial charge in [-0.3, -0.25) is 24.6 Å². The minimum absolute atomic E-state index is 0.00943. The molecular weight excluding hydrogens is 412 g/mol. The lowest BCUT2D eigenvalue weighted by Crippen LogP contribution is -2.51. The van der Waals surface area contributed by atoms with E-state index in [2.05, 4.69) is 15.2 Å². The maximum atomic E-state index is 12.9. The summed E-state index contributed by atoms with van der Waals surface area (Å²) in [7, 11) is 0. The molecule has 2 aliphatic rings. The van der Waals surface area contributed by atoms with Crippen LogP contribution >= 0.6 is 22.7 Å². The van der Waals surface area contributed by atoms with E-state index in [1.54, 1.807) is 12.1 Å². The molecule has 154 valence electrons. The Morgan fingerprint density at radius 2 is 2.03 bits per heavy atom. The number of aliphatic hydroxyl groups excluding tert-OH is 1. The van der Waals surface area contributed by atoms with Crippen molar-refractivity contribution < 1.29 is 19.5 Å². The summed E-state index contributed by atoms with van der Waals surface area (Å²) in [6.07, 6.45) is 0.603. The van der Waals surface area contributed by atoms with Gasteiger partial charge >= 0.3 is 0 Å². The fraction of sp³-hybridized carbons (Fsp3) is 0.474. The number of amides is 2. The van der Waals surface area contributed by atoms with E-state index in [1.165, 1.54) is 22.7 Å². The van der Waals surface area contributed by atoms with E-state index in [1.807, 2.05) is 10.3 Å². The summed E-state index contributed by atoms with van der Waals surface area (Å²) in [4.78, 5) is 47.2. The van der Waals surface area contributed by atoms with Crippen LogP contribution in [0.4, 0.5) is 5.13 Å². The fourth-order valence-corrected chi connectivity index (χ4v) is 5.27. The van der Waals surface area contributed by atoms with Crippen LogP contribution in [0, 0.1) is 5.92 Å². The van der Waals surface area contributed by atoms with Crippen molar-refractivity contribution in [3.8, 4) is 0 Å². The molecule has 3 heterocycles. The normalized spacial score (nSPS) is 19.8. The number of nitrogens with zero attached hydrogens (tertiary/aromatic N) is 3. The summed E-state index contributed by atoms with van der Waals surface area (Å²) in [6, 6.07) is 3.53. The van der Waals surface area contributed by atoms with Crippen LogP contribution in [0.3, 0.4) is 0 Å². The largest absolute Gasteiger partial charge is 0.395 e. The highest BCUT2D eigenvalue weighted by Crippen LogP contribution is 2.33. The highest BCUT2D eigenvalue weighted by atomic mass is 32.1. The molecule has 0 bridgehead atoms. The van der Waals surface area contributed by atoms with Crippen molar-refractivity contribution in [3.05, 3.63) is 33.0 Å². The summed E-state index contributed by atoms with van der Waals surface area (Å²) in [5, 5.41) is 14.0. The van der Waals surface area contributed by atoms with Gasteiger partial charge in [0.05, 0.1) is 28.0 Å². The zero-order chi connectivity index (χ0) is 20.4. The Bertz CT molecular complexity index is 903. The second-order valence-corrected chi connectivity index (χ2v) is 9.09. The molecule has 0 unspecified atom stereocenters. The summed E-state index contributed by atoms with van der Waals surface area (Å²) < 4.78 is 0. The van der Waals surface area contributed by atoms with E-state index in [0.29, 0.717) is 46.6 Å². The van der Waals surface area contributed by atoms with Gasteiger partial charge in [-0.25, -0.2) is 4.98 Å². The van der Waals surface area contributed by atoms with E-state index in [0.717, 1.165) is 13.1 Å². The smallest absolute Gasteiger partial charge is 0.267 e. The Hall–Kier alpha value is -2.14. The van der Waals surface area contributed by atoms with Crippen molar-refractivity contribution in [1.82, 2.24) is 14.8 Å². The van der Waals surface area contributed by atoms with Crippen molar-refractivity contribution >= 4 is 45.4 Å². The summed E-state index contributed by atoms with van der Waals surface area (Å²) >= 11 is 2.52. The van der Waals surface area contributed by atoms with Crippen molar-refractivity contribution in [2.24, 2.45) is 5.92 Å². The van der Waals surface area contributed by atoms with E-state index in [4.69, 9.17) is 5.11 Å². The molecule has 10 heteroatoms. The second-order valence-electron chi connectivity index (χ2n) is 7.15. The summed E-state index contributed by atoms with van der Waals surface area (Å²) in [5.74, 6) is -0.739. The number of nitrogens with one attached hydrogen (secondary N) is 1. The summed E-state index contributed by atoms with van der Waals surface area (Å²) in [5.41, 5.74) is 0.602. The molecule has 29 heavy (non-hydrogen) atoms. The number of hydrogen-bond acceptors (Lipinski definition) is 8. The van der Waals surface area contributed by atoms with Gasteiger partial charge in [0.1, 0.15) is 0 Å². The third-order valence-corrected chi connectivity index (χ3v) is 7.16. The topological polar surface area (TPSA) is 103 Å². The Morgan fingerprint density at radius 1 is 1.24 bits per heavy atom. The number of thiazole rings is 1. The van der Waals surface area contributed by atoms with E-state index < -0.39 is 5.92 Å². The van der Waals surface area contributed by atoms with Crippen LogP contribution in [0.5, 0.6) is 0 Å². The van der Waals surface area contributed by atoms with Gasteiger partial charge in [-0.2, -0.15) is 0 Å². The molecule has 2 aromatic rings. The van der Waals surface area contributed by atoms with Gasteiger partial charge in [-0.05, 0) is 11.4 Å². The highest BCUT2D eigenvalue weighted by molar-refractivity contribution is 7.18. The third-order valence-electron chi connectivity index (χ3n) is 5.24. The van der Waals surface area contributed by atoms with Gasteiger partial charge < -0.3 is 10.0 Å². The minimum Gasteiger partial charge on any atom is -0.395 e. The standard InChI is InChI=1S/C19H22N4O4S2/c24-8-7-22-3-5-23(6-4-22)18(27)12-10-13-16(14(25)11-12)29-19(20-13)21-17(26)15-2-1-9-28-15/h1-2,9,12,24H,3-8,10-11H2,(H,20,21,26)/t12-/m0/s1. The lowest BCUT2D eigenvalue weighted by molar-refractivity contribution is -0.137. The Kier molecular flexibility index (Phi) is 6.04. The van der Waals surface area contributed by atoms with Gasteiger partial charge in [0.2, 0.25) is 5.91 Å². The van der Waals surface area contributed by atoms with Crippen molar-refractivity contribution in [2.45, 2.75) is 12.8 Å². The number of piperazine rings is 1. The zero-order valence-corrected chi connectivity index (χ0v) is 17.4. The number of aromatic nitrogens is 1. The molecule has 2 aromatic heterocycles. The molecule has 2 amide bonds. The molecule has 1 atom stereocenters. The molecule has 2 N–H and O–H groups in total. The molecule has 8 nitrogen and oxygen atoms in total. The number of rotatable bonds is 5. The van der Waals surface area contributed by atoms with Crippen LogP contribution in [0.1, 0.15) is 31.5 Å².